The molecule has 21 heavy (non-hydrogen) atoms. The van der Waals surface area contributed by atoms with Crippen molar-refractivity contribution >= 4 is 5.91 Å². The van der Waals surface area contributed by atoms with Gasteiger partial charge in [0, 0.05) is 6.04 Å². The van der Waals surface area contributed by atoms with E-state index in [2.05, 4.69) is 19.1 Å². The molecule has 2 rings (SSSR count). The number of morpholine rings is 1. The number of hydrogen-bond donors (Lipinski definition) is 1. The van der Waals surface area contributed by atoms with E-state index in [4.69, 9.17) is 10.5 Å². The highest BCUT2D eigenvalue weighted by Gasteiger charge is 2.33. The van der Waals surface area contributed by atoms with E-state index < -0.39 is 0 Å². The molecule has 4 atom stereocenters. The number of hydrogen-bond acceptors (Lipinski definition) is 3. The molecule has 1 amide bonds. The Kier molecular flexibility index (Phi) is 5.01. The number of rotatable bonds is 3. The summed E-state index contributed by atoms with van der Waals surface area (Å²) >= 11 is 0. The van der Waals surface area contributed by atoms with Crippen molar-refractivity contribution in [3.8, 4) is 0 Å². The molecule has 0 aliphatic carbocycles. The van der Waals surface area contributed by atoms with Gasteiger partial charge >= 0.3 is 0 Å². The highest BCUT2D eigenvalue weighted by atomic mass is 16.5. The largest absolute Gasteiger partial charge is 0.370 e. The second-order valence-corrected chi connectivity index (χ2v) is 6.17. The van der Waals surface area contributed by atoms with Gasteiger partial charge in [0.2, 0.25) is 5.91 Å². The summed E-state index contributed by atoms with van der Waals surface area (Å²) in [4.78, 5) is 14.5. The van der Waals surface area contributed by atoms with Crippen LogP contribution in [-0.2, 0) is 9.53 Å². The lowest BCUT2D eigenvalue weighted by molar-refractivity contribution is -0.148. The summed E-state index contributed by atoms with van der Waals surface area (Å²) in [5, 5.41) is 0. The normalized spacial score (nSPS) is 25.5. The van der Waals surface area contributed by atoms with Crippen LogP contribution in [0.15, 0.2) is 24.3 Å². The van der Waals surface area contributed by atoms with Gasteiger partial charge in [0.05, 0.1) is 25.1 Å². The van der Waals surface area contributed by atoms with E-state index in [1.54, 1.807) is 0 Å². The molecule has 1 fully saturated rings. The molecular weight excluding hydrogens is 264 g/mol. The van der Waals surface area contributed by atoms with Crippen molar-refractivity contribution in [1.29, 1.82) is 0 Å². The molecule has 1 saturated heterocycles. The van der Waals surface area contributed by atoms with Gasteiger partial charge in [-0.05, 0) is 31.9 Å². The second kappa shape index (κ2) is 6.58. The Morgan fingerprint density at radius 1 is 1.38 bits per heavy atom. The summed E-state index contributed by atoms with van der Waals surface area (Å²) in [5.41, 5.74) is 8.24. The maximum absolute atomic E-state index is 12.6. The topological polar surface area (TPSA) is 55.6 Å². The number of benzene rings is 1. The second-order valence-electron chi connectivity index (χ2n) is 6.17. The molecule has 0 radical (unpaired) electrons. The number of carbonyl (C=O) groups excluding carboxylic acids is 1. The van der Waals surface area contributed by atoms with Crippen molar-refractivity contribution in [2.45, 2.75) is 45.9 Å². The molecule has 1 aromatic rings. The molecule has 4 unspecified atom stereocenters. The van der Waals surface area contributed by atoms with Crippen molar-refractivity contribution < 1.29 is 9.53 Å². The van der Waals surface area contributed by atoms with Crippen molar-refractivity contribution in [2.75, 3.05) is 13.2 Å². The molecular formula is C17H26N2O2. The lowest BCUT2D eigenvalue weighted by atomic mass is 9.98. The van der Waals surface area contributed by atoms with E-state index in [1.807, 2.05) is 37.8 Å². The van der Waals surface area contributed by atoms with Crippen LogP contribution < -0.4 is 5.73 Å². The van der Waals surface area contributed by atoms with E-state index in [1.165, 1.54) is 5.56 Å². The summed E-state index contributed by atoms with van der Waals surface area (Å²) in [6, 6.07) is 8.15. The Hall–Kier alpha value is -1.39. The highest BCUT2D eigenvalue weighted by molar-refractivity contribution is 5.79. The van der Waals surface area contributed by atoms with Crippen molar-refractivity contribution in [3.05, 3.63) is 35.4 Å². The lowest BCUT2D eigenvalue weighted by Gasteiger charge is -2.40. The molecule has 0 saturated carbocycles. The van der Waals surface area contributed by atoms with Gasteiger partial charge in [-0.25, -0.2) is 0 Å². The average Bonchev–Trinajstić information content (AvgIpc) is 2.47. The first-order chi connectivity index (χ1) is 9.91. The van der Waals surface area contributed by atoms with Gasteiger partial charge in [0.1, 0.15) is 6.10 Å². The molecule has 1 heterocycles. The van der Waals surface area contributed by atoms with Gasteiger partial charge in [0.25, 0.3) is 0 Å². The van der Waals surface area contributed by atoms with Crippen LogP contribution in [0, 0.1) is 12.8 Å². The standard InChI is InChI=1S/C17H26N2O2/c1-11-7-5-6-8-15(11)16-9-19(12(2)10-21-16)17(20)13(3)14(4)18/h5-8,12-14,16H,9-10,18H2,1-4H3. The highest BCUT2D eigenvalue weighted by Crippen LogP contribution is 2.28. The minimum atomic E-state index is -0.164. The van der Waals surface area contributed by atoms with Crippen LogP contribution >= 0.6 is 0 Å². The van der Waals surface area contributed by atoms with E-state index in [0.717, 1.165) is 5.56 Å². The molecule has 0 spiro atoms. The van der Waals surface area contributed by atoms with Gasteiger partial charge in [0.15, 0.2) is 0 Å². The number of ether oxygens (including phenoxy) is 1. The predicted molar refractivity (Wildman–Crippen MR) is 83.9 cm³/mol. The molecule has 0 bridgehead atoms. The zero-order valence-corrected chi connectivity index (χ0v) is 13.4. The summed E-state index contributed by atoms with van der Waals surface area (Å²) in [6.07, 6.45) is -0.0494. The summed E-state index contributed by atoms with van der Waals surface area (Å²) < 4.78 is 5.95. The maximum Gasteiger partial charge on any atom is 0.227 e. The van der Waals surface area contributed by atoms with Gasteiger partial charge < -0.3 is 15.4 Å². The number of amides is 1. The third kappa shape index (κ3) is 3.44. The van der Waals surface area contributed by atoms with E-state index in [-0.39, 0.29) is 30.0 Å². The lowest BCUT2D eigenvalue weighted by Crippen LogP contribution is -2.52. The fourth-order valence-electron chi connectivity index (χ4n) is 2.69. The van der Waals surface area contributed by atoms with Crippen LogP contribution in [0.5, 0.6) is 0 Å². The third-order valence-corrected chi connectivity index (χ3v) is 4.43. The Morgan fingerprint density at radius 2 is 2.05 bits per heavy atom. The van der Waals surface area contributed by atoms with E-state index in [9.17, 15) is 4.79 Å². The molecule has 4 nitrogen and oxygen atoms in total. The number of nitrogens with two attached hydrogens (primary N) is 1. The SMILES string of the molecule is Cc1ccccc1C1CN(C(=O)C(C)C(C)N)C(C)CO1. The average molecular weight is 290 g/mol. The summed E-state index contributed by atoms with van der Waals surface area (Å²) in [7, 11) is 0. The molecule has 0 aromatic heterocycles. The fraction of sp³-hybridized carbons (Fsp3) is 0.588. The quantitative estimate of drug-likeness (QED) is 0.929. The Bertz CT molecular complexity index is 501. The Morgan fingerprint density at radius 3 is 2.67 bits per heavy atom. The number of carbonyl (C=O) groups is 1. The third-order valence-electron chi connectivity index (χ3n) is 4.43. The number of aryl methyl sites for hydroxylation is 1. The first kappa shape index (κ1) is 16.0. The molecule has 116 valence electrons. The van der Waals surface area contributed by atoms with Crippen LogP contribution in [0.25, 0.3) is 0 Å². The first-order valence-electron chi connectivity index (χ1n) is 7.65. The van der Waals surface area contributed by atoms with Gasteiger partial charge in [-0.3, -0.25) is 4.79 Å². The van der Waals surface area contributed by atoms with Crippen molar-refractivity contribution in [2.24, 2.45) is 11.7 Å². The van der Waals surface area contributed by atoms with E-state index >= 15 is 0 Å². The Labute approximate surface area is 127 Å². The number of nitrogens with zero attached hydrogens (tertiary/aromatic N) is 1. The fourth-order valence-corrected chi connectivity index (χ4v) is 2.69. The first-order valence-corrected chi connectivity index (χ1v) is 7.65. The van der Waals surface area contributed by atoms with Crippen LogP contribution in [0.2, 0.25) is 0 Å². The monoisotopic (exact) mass is 290 g/mol. The van der Waals surface area contributed by atoms with Crippen molar-refractivity contribution in [1.82, 2.24) is 4.90 Å². The molecule has 1 aliphatic rings. The summed E-state index contributed by atoms with van der Waals surface area (Å²) in [5.74, 6) is -0.0394. The van der Waals surface area contributed by atoms with Gasteiger partial charge in [-0.2, -0.15) is 0 Å². The molecule has 4 heteroatoms. The molecule has 1 aliphatic heterocycles. The van der Waals surface area contributed by atoms with Gasteiger partial charge in [-0.1, -0.05) is 31.2 Å². The molecule has 1 aromatic carbocycles. The minimum Gasteiger partial charge on any atom is -0.370 e. The summed E-state index contributed by atoms with van der Waals surface area (Å²) in [6.45, 7) is 9.05. The van der Waals surface area contributed by atoms with Gasteiger partial charge in [-0.15, -0.1) is 0 Å². The van der Waals surface area contributed by atoms with Crippen molar-refractivity contribution in [3.63, 3.8) is 0 Å². The predicted octanol–water partition coefficient (Wildman–Crippen LogP) is 2.27. The Balaban J connectivity index is 2.16. The van der Waals surface area contributed by atoms with Crippen LogP contribution in [0.1, 0.15) is 38.0 Å². The zero-order chi connectivity index (χ0) is 15.6. The minimum absolute atomic E-state index is 0.0494. The zero-order valence-electron chi connectivity index (χ0n) is 13.4. The van der Waals surface area contributed by atoms with Crippen LogP contribution in [-0.4, -0.2) is 36.0 Å². The van der Waals surface area contributed by atoms with E-state index in [0.29, 0.717) is 13.2 Å². The maximum atomic E-state index is 12.6. The smallest absolute Gasteiger partial charge is 0.227 e. The molecule has 2 N–H and O–H groups in total. The van der Waals surface area contributed by atoms with Crippen LogP contribution in [0.4, 0.5) is 0 Å². The van der Waals surface area contributed by atoms with Crippen LogP contribution in [0.3, 0.4) is 0 Å².